The van der Waals surface area contributed by atoms with Crippen molar-refractivity contribution in [2.24, 2.45) is 0 Å². The molecule has 3 heterocycles. The van der Waals surface area contributed by atoms with Crippen LogP contribution in [0.3, 0.4) is 0 Å². The number of amides is 1. The molecule has 2 N–H and O–H groups in total. The van der Waals surface area contributed by atoms with Crippen LogP contribution in [-0.2, 0) is 0 Å². The Morgan fingerprint density at radius 2 is 1.84 bits per heavy atom. The molecule has 2 bridgehead atoms. The van der Waals surface area contributed by atoms with Gasteiger partial charge in [-0.3, -0.25) is 4.79 Å². The SMILES string of the molecule is Cl.O=C(NC1CC2CCC(C1)N2)c1csc(-c2c(F)cccc2F)n1. The Hall–Kier alpha value is -1.57. The van der Waals surface area contributed by atoms with Crippen molar-refractivity contribution in [2.45, 2.75) is 43.8 Å². The number of aromatic nitrogens is 1. The zero-order chi connectivity index (χ0) is 16.7. The monoisotopic (exact) mass is 385 g/mol. The average molecular weight is 386 g/mol. The number of halogens is 3. The summed E-state index contributed by atoms with van der Waals surface area (Å²) >= 11 is 1.07. The molecule has 2 aromatic rings. The maximum Gasteiger partial charge on any atom is 0.270 e. The molecule has 2 fully saturated rings. The number of hydrogen-bond donors (Lipinski definition) is 2. The Balaban J connectivity index is 0.00000182. The first-order valence-electron chi connectivity index (χ1n) is 8.07. The van der Waals surface area contributed by atoms with Crippen molar-refractivity contribution in [1.29, 1.82) is 0 Å². The number of thiazole rings is 1. The van der Waals surface area contributed by atoms with E-state index in [4.69, 9.17) is 0 Å². The summed E-state index contributed by atoms with van der Waals surface area (Å²) in [6.07, 6.45) is 4.15. The molecule has 2 aliphatic heterocycles. The maximum atomic E-state index is 13.8. The molecule has 1 aromatic carbocycles. The number of carbonyl (C=O) groups excluding carboxylic acids is 1. The predicted molar refractivity (Wildman–Crippen MR) is 95.1 cm³/mol. The second-order valence-corrected chi connectivity index (χ2v) is 7.27. The smallest absolute Gasteiger partial charge is 0.270 e. The van der Waals surface area contributed by atoms with E-state index in [0.29, 0.717) is 12.1 Å². The quantitative estimate of drug-likeness (QED) is 0.850. The Kier molecular flexibility index (Phi) is 5.36. The minimum Gasteiger partial charge on any atom is -0.348 e. The number of benzene rings is 1. The molecule has 0 radical (unpaired) electrons. The lowest BCUT2D eigenvalue weighted by molar-refractivity contribution is 0.0919. The third-order valence-corrected chi connectivity index (χ3v) is 5.58. The van der Waals surface area contributed by atoms with Crippen LogP contribution in [0, 0.1) is 11.6 Å². The molecule has 4 nitrogen and oxygen atoms in total. The van der Waals surface area contributed by atoms with E-state index < -0.39 is 11.6 Å². The first kappa shape index (κ1) is 18.2. The zero-order valence-electron chi connectivity index (χ0n) is 13.3. The molecule has 2 saturated heterocycles. The third-order valence-electron chi connectivity index (χ3n) is 4.72. The summed E-state index contributed by atoms with van der Waals surface area (Å²) in [5.41, 5.74) is 0.0324. The van der Waals surface area contributed by atoms with Crippen molar-refractivity contribution in [2.75, 3.05) is 0 Å². The fourth-order valence-corrected chi connectivity index (χ4v) is 4.48. The van der Waals surface area contributed by atoms with Crippen molar-refractivity contribution in [3.8, 4) is 10.6 Å². The van der Waals surface area contributed by atoms with Gasteiger partial charge in [0.25, 0.3) is 5.91 Å². The molecule has 1 amide bonds. The third kappa shape index (κ3) is 3.68. The van der Waals surface area contributed by atoms with E-state index in [-0.39, 0.29) is 40.6 Å². The van der Waals surface area contributed by atoms with E-state index in [9.17, 15) is 13.6 Å². The van der Waals surface area contributed by atoms with Crippen molar-refractivity contribution in [3.63, 3.8) is 0 Å². The molecule has 2 aliphatic rings. The lowest BCUT2D eigenvalue weighted by Gasteiger charge is -2.29. The number of fused-ring (bicyclic) bond motifs is 2. The molecule has 0 saturated carbocycles. The van der Waals surface area contributed by atoms with E-state index in [0.717, 1.165) is 37.0 Å². The summed E-state index contributed by atoms with van der Waals surface area (Å²) in [4.78, 5) is 16.5. The minimum absolute atomic E-state index is 0. The zero-order valence-corrected chi connectivity index (χ0v) is 14.9. The second-order valence-electron chi connectivity index (χ2n) is 6.41. The summed E-state index contributed by atoms with van der Waals surface area (Å²) in [6, 6.07) is 4.77. The van der Waals surface area contributed by atoms with Gasteiger partial charge in [0.1, 0.15) is 22.3 Å². The number of hydrogen-bond acceptors (Lipinski definition) is 4. The van der Waals surface area contributed by atoms with Gasteiger partial charge < -0.3 is 10.6 Å². The largest absolute Gasteiger partial charge is 0.348 e. The number of nitrogens with zero attached hydrogens (tertiary/aromatic N) is 1. The van der Waals surface area contributed by atoms with Gasteiger partial charge in [-0.05, 0) is 37.8 Å². The first-order valence-corrected chi connectivity index (χ1v) is 8.95. The van der Waals surface area contributed by atoms with Gasteiger partial charge in [-0.1, -0.05) is 6.07 Å². The lowest BCUT2D eigenvalue weighted by Crippen LogP contribution is -2.48. The fraction of sp³-hybridized carbons (Fsp3) is 0.412. The van der Waals surface area contributed by atoms with Crippen LogP contribution in [0.4, 0.5) is 8.78 Å². The van der Waals surface area contributed by atoms with Gasteiger partial charge in [0.05, 0.1) is 5.56 Å². The van der Waals surface area contributed by atoms with Crippen LogP contribution in [0.2, 0.25) is 0 Å². The second kappa shape index (κ2) is 7.35. The molecule has 4 rings (SSSR count). The lowest BCUT2D eigenvalue weighted by atomic mass is 10.00. The van der Waals surface area contributed by atoms with Gasteiger partial charge in [-0.15, -0.1) is 23.7 Å². The van der Waals surface area contributed by atoms with Crippen LogP contribution in [0.15, 0.2) is 23.6 Å². The molecule has 2 atom stereocenters. The van der Waals surface area contributed by atoms with E-state index in [1.54, 1.807) is 5.38 Å². The Morgan fingerprint density at radius 3 is 2.48 bits per heavy atom. The molecule has 25 heavy (non-hydrogen) atoms. The topological polar surface area (TPSA) is 54.0 Å². The highest BCUT2D eigenvalue weighted by Gasteiger charge is 2.34. The fourth-order valence-electron chi connectivity index (χ4n) is 3.63. The standard InChI is InChI=1S/C17H17F2N3OS.ClH/c18-12-2-1-3-13(19)15(12)17-22-14(8-24-17)16(23)21-11-6-9-4-5-10(7-11)20-9;/h1-3,8-11,20H,4-7H2,(H,21,23);1H. The van der Waals surface area contributed by atoms with Crippen LogP contribution < -0.4 is 10.6 Å². The van der Waals surface area contributed by atoms with Crippen molar-refractivity contribution >= 4 is 29.7 Å². The maximum absolute atomic E-state index is 13.8. The molecule has 0 spiro atoms. The molecule has 1 aromatic heterocycles. The van der Waals surface area contributed by atoms with Crippen molar-refractivity contribution in [1.82, 2.24) is 15.6 Å². The van der Waals surface area contributed by atoms with E-state index in [1.807, 2.05) is 0 Å². The van der Waals surface area contributed by atoms with Gasteiger partial charge >= 0.3 is 0 Å². The normalized spacial score (nSPS) is 24.6. The predicted octanol–water partition coefficient (Wildman–Crippen LogP) is 3.52. The van der Waals surface area contributed by atoms with Crippen molar-refractivity contribution in [3.05, 3.63) is 40.9 Å². The molecular formula is C17H18ClF2N3OS. The molecule has 0 aliphatic carbocycles. The van der Waals surface area contributed by atoms with Gasteiger partial charge in [-0.25, -0.2) is 13.8 Å². The highest BCUT2D eigenvalue weighted by molar-refractivity contribution is 7.13. The number of carbonyl (C=O) groups is 1. The van der Waals surface area contributed by atoms with Crippen molar-refractivity contribution < 1.29 is 13.6 Å². The number of rotatable bonds is 3. The van der Waals surface area contributed by atoms with E-state index >= 15 is 0 Å². The molecular weight excluding hydrogens is 368 g/mol. The molecule has 134 valence electrons. The van der Waals surface area contributed by atoms with Gasteiger partial charge in [0.2, 0.25) is 0 Å². The van der Waals surface area contributed by atoms with Crippen LogP contribution in [0.25, 0.3) is 10.6 Å². The molecule has 8 heteroatoms. The summed E-state index contributed by atoms with van der Waals surface area (Å²) in [7, 11) is 0. The number of piperidine rings is 1. The van der Waals surface area contributed by atoms with E-state index in [2.05, 4.69) is 15.6 Å². The van der Waals surface area contributed by atoms with Gasteiger partial charge in [-0.2, -0.15) is 0 Å². The summed E-state index contributed by atoms with van der Waals surface area (Å²) in [5.74, 6) is -1.63. The first-order chi connectivity index (χ1) is 11.6. The van der Waals surface area contributed by atoms with Crippen LogP contribution in [-0.4, -0.2) is 29.0 Å². The minimum atomic E-state index is -0.675. The van der Waals surface area contributed by atoms with Crippen LogP contribution >= 0.6 is 23.7 Å². The van der Waals surface area contributed by atoms with Crippen LogP contribution in [0.5, 0.6) is 0 Å². The highest BCUT2D eigenvalue weighted by atomic mass is 35.5. The van der Waals surface area contributed by atoms with Gasteiger partial charge in [0, 0.05) is 23.5 Å². The van der Waals surface area contributed by atoms with E-state index in [1.165, 1.54) is 18.2 Å². The Labute approximate surface area is 154 Å². The summed E-state index contributed by atoms with van der Waals surface area (Å²) in [6.45, 7) is 0. The number of nitrogens with one attached hydrogen (secondary N) is 2. The highest BCUT2D eigenvalue weighted by Crippen LogP contribution is 2.30. The summed E-state index contributed by atoms with van der Waals surface area (Å²) < 4.78 is 27.7. The average Bonchev–Trinajstić information content (AvgIpc) is 3.14. The summed E-state index contributed by atoms with van der Waals surface area (Å²) in [5, 5.41) is 8.26. The van der Waals surface area contributed by atoms with Crippen LogP contribution in [0.1, 0.15) is 36.2 Å². The molecule has 2 unspecified atom stereocenters. The Bertz CT molecular complexity index is 753. The Morgan fingerprint density at radius 1 is 1.20 bits per heavy atom. The van der Waals surface area contributed by atoms with Gasteiger partial charge in [0.15, 0.2) is 0 Å².